The molecule has 1 heterocycles. The van der Waals surface area contributed by atoms with E-state index in [-0.39, 0.29) is 0 Å². The highest BCUT2D eigenvalue weighted by molar-refractivity contribution is 6.18. The predicted octanol–water partition coefficient (Wildman–Crippen LogP) is 3.15. The Bertz CT molecular complexity index is 504. The Morgan fingerprint density at radius 3 is 2.61 bits per heavy atom. The highest BCUT2D eigenvalue weighted by Gasteiger charge is 2.08. The van der Waals surface area contributed by atoms with E-state index in [1.807, 2.05) is 6.07 Å². The van der Waals surface area contributed by atoms with Gasteiger partial charge >= 0.3 is 0 Å². The smallest absolute Gasteiger partial charge is 0.121 e. The predicted molar refractivity (Wildman–Crippen MR) is 77.5 cm³/mol. The monoisotopic (exact) mass is 285 g/mol. The van der Waals surface area contributed by atoms with Crippen LogP contribution >= 0.6 is 23.2 Å². The number of aryl methyl sites for hydroxylation is 1. The van der Waals surface area contributed by atoms with Gasteiger partial charge in [0.1, 0.15) is 5.82 Å². The minimum absolute atomic E-state index is 0.607. The zero-order chi connectivity index (χ0) is 13.0. The summed E-state index contributed by atoms with van der Waals surface area (Å²) in [5.41, 5.74) is 3.32. The minimum atomic E-state index is 0.607. The normalized spacial score (nSPS) is 11.6. The van der Waals surface area contributed by atoms with Gasteiger partial charge in [-0.2, -0.15) is 0 Å². The Hall–Kier alpha value is -0.770. The quantitative estimate of drug-likeness (QED) is 0.827. The van der Waals surface area contributed by atoms with E-state index < -0.39 is 0 Å². The molecule has 0 aliphatic rings. The number of rotatable bonds is 6. The van der Waals surface area contributed by atoms with Crippen molar-refractivity contribution in [2.45, 2.75) is 13.5 Å². The van der Waals surface area contributed by atoms with E-state index in [9.17, 15) is 0 Å². The van der Waals surface area contributed by atoms with Gasteiger partial charge < -0.3 is 4.98 Å². The van der Waals surface area contributed by atoms with Crippen LogP contribution in [0.3, 0.4) is 0 Å². The van der Waals surface area contributed by atoms with Crippen molar-refractivity contribution in [3.63, 3.8) is 0 Å². The van der Waals surface area contributed by atoms with Gasteiger partial charge in [-0.3, -0.25) is 4.90 Å². The van der Waals surface area contributed by atoms with Gasteiger partial charge in [0.2, 0.25) is 0 Å². The summed E-state index contributed by atoms with van der Waals surface area (Å²) in [6, 6.07) is 6.22. The number of aromatic amines is 1. The summed E-state index contributed by atoms with van der Waals surface area (Å²) in [6.45, 7) is 4.48. The van der Waals surface area contributed by atoms with Gasteiger partial charge in [0.25, 0.3) is 0 Å². The average Bonchev–Trinajstić information content (AvgIpc) is 2.71. The molecule has 0 saturated carbocycles. The summed E-state index contributed by atoms with van der Waals surface area (Å²) in [5, 5.41) is 0. The van der Waals surface area contributed by atoms with Gasteiger partial charge in [0, 0.05) is 24.8 Å². The van der Waals surface area contributed by atoms with Crippen LogP contribution in [-0.4, -0.2) is 39.7 Å². The van der Waals surface area contributed by atoms with Crippen molar-refractivity contribution in [1.29, 1.82) is 0 Å². The van der Waals surface area contributed by atoms with Crippen molar-refractivity contribution in [3.8, 4) is 0 Å². The Kier molecular flexibility index (Phi) is 4.87. The van der Waals surface area contributed by atoms with Crippen molar-refractivity contribution >= 4 is 34.2 Å². The number of fused-ring (bicyclic) bond motifs is 1. The number of benzene rings is 1. The molecule has 0 atom stereocenters. The second-order valence-corrected chi connectivity index (χ2v) is 5.11. The van der Waals surface area contributed by atoms with Crippen LogP contribution in [0.2, 0.25) is 0 Å². The van der Waals surface area contributed by atoms with E-state index in [2.05, 4.69) is 33.9 Å². The van der Waals surface area contributed by atoms with Crippen LogP contribution in [-0.2, 0) is 6.54 Å². The van der Waals surface area contributed by atoms with Crippen molar-refractivity contribution in [2.24, 2.45) is 0 Å². The summed E-state index contributed by atoms with van der Waals surface area (Å²) in [5.74, 6) is 2.18. The molecular formula is C13H17Cl2N3. The van der Waals surface area contributed by atoms with E-state index in [4.69, 9.17) is 23.2 Å². The fraction of sp³-hybridized carbons (Fsp3) is 0.462. The molecule has 0 saturated heterocycles. The molecule has 2 aromatic rings. The third-order valence-corrected chi connectivity index (χ3v) is 3.20. The summed E-state index contributed by atoms with van der Waals surface area (Å²) in [4.78, 5) is 10.1. The maximum Gasteiger partial charge on any atom is 0.121 e. The van der Waals surface area contributed by atoms with E-state index in [1.165, 1.54) is 5.56 Å². The number of nitrogens with zero attached hydrogens (tertiary/aromatic N) is 2. The number of alkyl halides is 2. The number of halogens is 2. The van der Waals surface area contributed by atoms with E-state index in [0.29, 0.717) is 11.8 Å². The topological polar surface area (TPSA) is 31.9 Å². The molecule has 1 N–H and O–H groups in total. The number of nitrogens with one attached hydrogen (secondary N) is 1. The van der Waals surface area contributed by atoms with Crippen LogP contribution in [0.4, 0.5) is 0 Å². The summed E-state index contributed by atoms with van der Waals surface area (Å²) in [6.07, 6.45) is 0. The zero-order valence-electron chi connectivity index (χ0n) is 10.4. The van der Waals surface area contributed by atoms with Crippen LogP contribution in [0.5, 0.6) is 0 Å². The van der Waals surface area contributed by atoms with Crippen molar-refractivity contribution in [2.75, 3.05) is 24.8 Å². The first-order valence-corrected chi connectivity index (χ1v) is 7.09. The largest absolute Gasteiger partial charge is 0.341 e. The molecule has 98 valence electrons. The number of hydrogen-bond donors (Lipinski definition) is 1. The van der Waals surface area contributed by atoms with Crippen LogP contribution in [0, 0.1) is 6.92 Å². The molecule has 18 heavy (non-hydrogen) atoms. The number of aromatic nitrogens is 2. The Morgan fingerprint density at radius 2 is 1.94 bits per heavy atom. The van der Waals surface area contributed by atoms with Gasteiger partial charge in [-0.05, 0) is 24.6 Å². The number of imidazole rings is 1. The fourth-order valence-electron chi connectivity index (χ4n) is 1.97. The first-order chi connectivity index (χ1) is 8.72. The Morgan fingerprint density at radius 1 is 1.22 bits per heavy atom. The maximum atomic E-state index is 5.78. The molecule has 3 nitrogen and oxygen atoms in total. The van der Waals surface area contributed by atoms with E-state index >= 15 is 0 Å². The molecule has 0 unspecified atom stereocenters. The molecule has 0 amide bonds. The molecule has 5 heteroatoms. The Balaban J connectivity index is 2.14. The van der Waals surface area contributed by atoms with Gasteiger partial charge in [-0.1, -0.05) is 6.07 Å². The lowest BCUT2D eigenvalue weighted by molar-refractivity contribution is 0.293. The molecule has 0 radical (unpaired) electrons. The molecule has 0 bridgehead atoms. The number of hydrogen-bond acceptors (Lipinski definition) is 2. The SMILES string of the molecule is Cc1ccc2nc(CN(CCCl)CCCl)[nH]c2c1. The van der Waals surface area contributed by atoms with Gasteiger partial charge in [0.15, 0.2) is 0 Å². The fourth-order valence-corrected chi connectivity index (χ4v) is 2.45. The lowest BCUT2D eigenvalue weighted by Crippen LogP contribution is -2.27. The lowest BCUT2D eigenvalue weighted by Gasteiger charge is -2.18. The molecule has 0 aliphatic carbocycles. The molecular weight excluding hydrogens is 269 g/mol. The van der Waals surface area contributed by atoms with Crippen LogP contribution in [0.25, 0.3) is 11.0 Å². The van der Waals surface area contributed by atoms with E-state index in [0.717, 1.165) is 36.5 Å². The summed E-state index contributed by atoms with van der Waals surface area (Å²) < 4.78 is 0. The minimum Gasteiger partial charge on any atom is -0.341 e. The summed E-state index contributed by atoms with van der Waals surface area (Å²) >= 11 is 11.6. The molecule has 0 spiro atoms. The van der Waals surface area contributed by atoms with E-state index in [1.54, 1.807) is 0 Å². The van der Waals surface area contributed by atoms with Gasteiger partial charge in [0.05, 0.1) is 17.6 Å². The number of H-pyrrole nitrogens is 1. The zero-order valence-corrected chi connectivity index (χ0v) is 11.9. The maximum absolute atomic E-state index is 5.78. The molecule has 0 fully saturated rings. The van der Waals surface area contributed by atoms with Crippen LogP contribution in [0.15, 0.2) is 18.2 Å². The first-order valence-electron chi connectivity index (χ1n) is 6.02. The first kappa shape index (κ1) is 13.7. The third-order valence-electron chi connectivity index (χ3n) is 2.86. The molecule has 1 aromatic carbocycles. The standard InChI is InChI=1S/C13H17Cl2N3/c1-10-2-3-11-12(8-10)17-13(16-11)9-18(6-4-14)7-5-15/h2-3,8H,4-7,9H2,1H3,(H,16,17). The highest BCUT2D eigenvalue weighted by atomic mass is 35.5. The Labute approximate surface area is 117 Å². The van der Waals surface area contributed by atoms with Crippen LogP contribution < -0.4 is 0 Å². The van der Waals surface area contributed by atoms with Gasteiger partial charge in [-0.25, -0.2) is 4.98 Å². The van der Waals surface area contributed by atoms with Gasteiger partial charge in [-0.15, -0.1) is 23.2 Å². The highest BCUT2D eigenvalue weighted by Crippen LogP contribution is 2.14. The van der Waals surface area contributed by atoms with Crippen molar-refractivity contribution in [1.82, 2.24) is 14.9 Å². The van der Waals surface area contributed by atoms with Crippen molar-refractivity contribution in [3.05, 3.63) is 29.6 Å². The van der Waals surface area contributed by atoms with Crippen molar-refractivity contribution < 1.29 is 0 Å². The molecule has 2 rings (SSSR count). The lowest BCUT2D eigenvalue weighted by atomic mass is 10.2. The second kappa shape index (κ2) is 6.41. The molecule has 0 aliphatic heterocycles. The summed E-state index contributed by atoms with van der Waals surface area (Å²) in [7, 11) is 0. The second-order valence-electron chi connectivity index (χ2n) is 4.36. The average molecular weight is 286 g/mol. The molecule has 1 aromatic heterocycles. The van der Waals surface area contributed by atoms with Crippen LogP contribution in [0.1, 0.15) is 11.4 Å². The third kappa shape index (κ3) is 3.37.